The molecular weight excluding hydrogens is 360 g/mol. The molecule has 0 fully saturated rings. The smallest absolute Gasteiger partial charge is 0.326 e. The molecular formula is C21H24N2O5. The molecule has 0 bridgehead atoms. The molecule has 2 aromatic carbocycles. The molecule has 28 heavy (non-hydrogen) atoms. The van der Waals surface area contributed by atoms with Crippen LogP contribution < -0.4 is 15.2 Å². The van der Waals surface area contributed by atoms with E-state index in [2.05, 4.69) is 4.98 Å². The van der Waals surface area contributed by atoms with Crippen LogP contribution in [-0.4, -0.2) is 35.3 Å². The van der Waals surface area contributed by atoms with E-state index in [9.17, 15) is 9.59 Å². The number of imidazole rings is 1. The third kappa shape index (κ3) is 5.16. The van der Waals surface area contributed by atoms with Crippen LogP contribution in [0.2, 0.25) is 0 Å². The second-order valence-corrected chi connectivity index (χ2v) is 6.18. The lowest BCUT2D eigenvalue weighted by molar-refractivity contribution is -0.144. The van der Waals surface area contributed by atoms with Gasteiger partial charge in [0.2, 0.25) is 0 Å². The zero-order chi connectivity index (χ0) is 19.8. The normalized spacial score (nSPS) is 10.8. The van der Waals surface area contributed by atoms with E-state index < -0.39 is 0 Å². The summed E-state index contributed by atoms with van der Waals surface area (Å²) >= 11 is 0. The summed E-state index contributed by atoms with van der Waals surface area (Å²) in [6.07, 6.45) is 0.730. The molecule has 0 saturated carbocycles. The Bertz CT molecular complexity index is 959. The first-order valence-corrected chi connectivity index (χ1v) is 9.36. The van der Waals surface area contributed by atoms with Gasteiger partial charge in [0.05, 0.1) is 37.3 Å². The summed E-state index contributed by atoms with van der Waals surface area (Å²) in [5.74, 6) is 1.13. The largest absolute Gasteiger partial charge is 0.494 e. The minimum absolute atomic E-state index is 0.156. The Kier molecular flexibility index (Phi) is 6.73. The number of aryl methyl sites for hydroxylation is 1. The number of aromatic amines is 1. The number of carbonyl (C=O) groups excluding carboxylic acids is 1. The molecule has 1 heterocycles. The molecule has 0 spiro atoms. The van der Waals surface area contributed by atoms with Crippen LogP contribution in [0.5, 0.6) is 11.5 Å². The molecule has 0 aliphatic heterocycles. The van der Waals surface area contributed by atoms with Crippen molar-refractivity contribution in [3.63, 3.8) is 0 Å². The molecule has 1 aromatic heterocycles. The Morgan fingerprint density at radius 1 is 1.00 bits per heavy atom. The van der Waals surface area contributed by atoms with Gasteiger partial charge in [0.15, 0.2) is 0 Å². The van der Waals surface area contributed by atoms with E-state index in [0.29, 0.717) is 25.3 Å². The highest BCUT2D eigenvalue weighted by Gasteiger charge is 2.07. The van der Waals surface area contributed by atoms with E-state index >= 15 is 0 Å². The zero-order valence-electron chi connectivity index (χ0n) is 15.8. The monoisotopic (exact) mass is 384 g/mol. The first kappa shape index (κ1) is 19.5. The highest BCUT2D eigenvalue weighted by atomic mass is 16.5. The van der Waals surface area contributed by atoms with Crippen molar-refractivity contribution >= 4 is 17.0 Å². The molecule has 0 amide bonds. The Labute approximate surface area is 162 Å². The summed E-state index contributed by atoms with van der Waals surface area (Å²) in [5, 5.41) is 0. The molecule has 0 unspecified atom stereocenters. The van der Waals surface area contributed by atoms with Crippen molar-refractivity contribution in [1.29, 1.82) is 0 Å². The van der Waals surface area contributed by atoms with Crippen LogP contribution in [0.25, 0.3) is 11.0 Å². The van der Waals surface area contributed by atoms with E-state index in [0.717, 1.165) is 16.8 Å². The van der Waals surface area contributed by atoms with Gasteiger partial charge in [-0.15, -0.1) is 0 Å². The SMILES string of the molecule is CCOc1ccc(OCCC(=O)OCCCn2c(=O)[nH]c3ccccc32)cc1. The fourth-order valence-corrected chi connectivity index (χ4v) is 2.86. The molecule has 0 aliphatic rings. The van der Waals surface area contributed by atoms with Gasteiger partial charge in [0, 0.05) is 6.54 Å². The van der Waals surface area contributed by atoms with Gasteiger partial charge in [0.25, 0.3) is 0 Å². The van der Waals surface area contributed by atoms with E-state index in [1.54, 1.807) is 16.7 Å². The van der Waals surface area contributed by atoms with Gasteiger partial charge in [-0.25, -0.2) is 4.79 Å². The summed E-state index contributed by atoms with van der Waals surface area (Å²) < 4.78 is 17.8. The number of ether oxygens (including phenoxy) is 3. The molecule has 0 atom stereocenters. The Balaban J connectivity index is 1.35. The van der Waals surface area contributed by atoms with Crippen LogP contribution in [0.3, 0.4) is 0 Å². The topological polar surface area (TPSA) is 82.6 Å². The maximum atomic E-state index is 12.0. The van der Waals surface area contributed by atoms with E-state index in [1.807, 2.05) is 43.3 Å². The fraction of sp³-hybridized carbons (Fsp3) is 0.333. The second-order valence-electron chi connectivity index (χ2n) is 6.18. The van der Waals surface area contributed by atoms with Crippen molar-refractivity contribution in [3.8, 4) is 11.5 Å². The molecule has 0 aliphatic carbocycles. The molecule has 0 saturated heterocycles. The molecule has 148 valence electrons. The second kappa shape index (κ2) is 9.64. The lowest BCUT2D eigenvalue weighted by atomic mass is 10.3. The minimum Gasteiger partial charge on any atom is -0.494 e. The first-order chi connectivity index (χ1) is 13.7. The Morgan fingerprint density at radius 3 is 2.46 bits per heavy atom. The zero-order valence-corrected chi connectivity index (χ0v) is 15.8. The highest BCUT2D eigenvalue weighted by Crippen LogP contribution is 2.17. The lowest BCUT2D eigenvalue weighted by Gasteiger charge is -2.08. The molecule has 7 nitrogen and oxygen atoms in total. The number of benzene rings is 2. The number of nitrogens with one attached hydrogen (secondary N) is 1. The van der Waals surface area contributed by atoms with Crippen molar-refractivity contribution in [2.45, 2.75) is 26.3 Å². The lowest BCUT2D eigenvalue weighted by Crippen LogP contribution is -2.18. The molecule has 3 rings (SSSR count). The fourth-order valence-electron chi connectivity index (χ4n) is 2.86. The van der Waals surface area contributed by atoms with Gasteiger partial charge in [-0.2, -0.15) is 0 Å². The van der Waals surface area contributed by atoms with Gasteiger partial charge in [0.1, 0.15) is 11.5 Å². The number of fused-ring (bicyclic) bond motifs is 1. The van der Waals surface area contributed by atoms with Gasteiger partial charge in [-0.05, 0) is 49.7 Å². The Morgan fingerprint density at radius 2 is 1.71 bits per heavy atom. The molecule has 1 N–H and O–H groups in total. The minimum atomic E-state index is -0.322. The van der Waals surface area contributed by atoms with Crippen molar-refractivity contribution in [1.82, 2.24) is 9.55 Å². The number of carbonyl (C=O) groups is 1. The first-order valence-electron chi connectivity index (χ1n) is 9.36. The van der Waals surface area contributed by atoms with Crippen molar-refractivity contribution in [2.75, 3.05) is 19.8 Å². The number of aromatic nitrogens is 2. The summed E-state index contributed by atoms with van der Waals surface area (Å²) in [6, 6.07) is 14.8. The maximum absolute atomic E-state index is 12.0. The summed E-state index contributed by atoms with van der Waals surface area (Å²) in [5.41, 5.74) is 1.50. The van der Waals surface area contributed by atoms with Crippen LogP contribution in [-0.2, 0) is 16.1 Å². The highest BCUT2D eigenvalue weighted by molar-refractivity contribution is 5.74. The summed E-state index contributed by atoms with van der Waals surface area (Å²) in [4.78, 5) is 26.6. The molecule has 0 radical (unpaired) electrons. The average molecular weight is 384 g/mol. The standard InChI is InChI=1S/C21H24N2O5/c1-2-26-16-8-10-17(11-9-16)27-15-12-20(24)28-14-5-13-23-19-7-4-3-6-18(19)22-21(23)25/h3-4,6-11H,2,5,12-15H2,1H3,(H,22,25). The summed E-state index contributed by atoms with van der Waals surface area (Å²) in [6.45, 7) is 3.52. The van der Waals surface area contributed by atoms with Crippen LogP contribution in [0, 0.1) is 0 Å². The van der Waals surface area contributed by atoms with E-state index in [4.69, 9.17) is 14.2 Å². The third-order valence-corrected chi connectivity index (χ3v) is 4.18. The number of para-hydroxylation sites is 2. The predicted molar refractivity (Wildman–Crippen MR) is 106 cm³/mol. The summed E-state index contributed by atoms with van der Waals surface area (Å²) in [7, 11) is 0. The van der Waals surface area contributed by atoms with Crippen molar-refractivity contribution < 1.29 is 19.0 Å². The quantitative estimate of drug-likeness (QED) is 0.429. The van der Waals surface area contributed by atoms with E-state index in [-0.39, 0.29) is 31.3 Å². The van der Waals surface area contributed by atoms with Gasteiger partial charge in [-0.3, -0.25) is 9.36 Å². The number of rotatable bonds is 10. The van der Waals surface area contributed by atoms with Gasteiger partial charge in [-0.1, -0.05) is 12.1 Å². The van der Waals surface area contributed by atoms with Crippen molar-refractivity contribution in [3.05, 3.63) is 59.0 Å². The van der Waals surface area contributed by atoms with Crippen LogP contribution in [0.4, 0.5) is 0 Å². The van der Waals surface area contributed by atoms with Crippen LogP contribution >= 0.6 is 0 Å². The van der Waals surface area contributed by atoms with Crippen molar-refractivity contribution in [2.24, 2.45) is 0 Å². The Hall–Kier alpha value is -3.22. The van der Waals surface area contributed by atoms with Gasteiger partial charge < -0.3 is 19.2 Å². The average Bonchev–Trinajstić information content (AvgIpc) is 3.02. The number of H-pyrrole nitrogens is 1. The predicted octanol–water partition coefficient (Wildman–Crippen LogP) is 3.13. The molecule has 7 heteroatoms. The van der Waals surface area contributed by atoms with Crippen LogP contribution in [0.1, 0.15) is 19.8 Å². The number of hydrogen-bond acceptors (Lipinski definition) is 5. The molecule has 3 aromatic rings. The van der Waals surface area contributed by atoms with E-state index in [1.165, 1.54) is 0 Å². The number of esters is 1. The van der Waals surface area contributed by atoms with Gasteiger partial charge >= 0.3 is 11.7 Å². The number of nitrogens with zero attached hydrogens (tertiary/aromatic N) is 1. The third-order valence-electron chi connectivity index (χ3n) is 4.18. The van der Waals surface area contributed by atoms with Crippen LogP contribution in [0.15, 0.2) is 53.3 Å². The number of hydrogen-bond donors (Lipinski definition) is 1. The maximum Gasteiger partial charge on any atom is 0.326 e.